The van der Waals surface area contributed by atoms with Gasteiger partial charge in [-0.2, -0.15) is 0 Å². The lowest BCUT2D eigenvalue weighted by Crippen LogP contribution is -2.42. The van der Waals surface area contributed by atoms with Crippen LogP contribution in [0.3, 0.4) is 0 Å². The van der Waals surface area contributed by atoms with Crippen molar-refractivity contribution in [1.82, 2.24) is 9.80 Å². The van der Waals surface area contributed by atoms with Crippen LogP contribution in [0.1, 0.15) is 24.8 Å². The first-order valence-corrected chi connectivity index (χ1v) is 8.44. The highest BCUT2D eigenvalue weighted by Gasteiger charge is 2.20. The van der Waals surface area contributed by atoms with Crippen molar-refractivity contribution in [3.8, 4) is 5.75 Å². The topological polar surface area (TPSA) is 58.8 Å². The second-order valence-corrected chi connectivity index (χ2v) is 6.52. The number of carbonyl (C=O) groups is 1. The van der Waals surface area contributed by atoms with Gasteiger partial charge in [0.1, 0.15) is 12.4 Å². The Balaban J connectivity index is 1.77. The molecule has 1 fully saturated rings. The molecule has 0 atom stereocenters. The summed E-state index contributed by atoms with van der Waals surface area (Å²) in [6.45, 7) is 3.16. The summed E-state index contributed by atoms with van der Waals surface area (Å²) in [5.41, 5.74) is 7.03. The number of benzene rings is 1. The van der Waals surface area contributed by atoms with E-state index < -0.39 is 0 Å². The molecule has 5 heteroatoms. The molecule has 0 radical (unpaired) electrons. The zero-order chi connectivity index (χ0) is 16.7. The van der Waals surface area contributed by atoms with Gasteiger partial charge in [0, 0.05) is 32.1 Å². The van der Waals surface area contributed by atoms with E-state index in [4.69, 9.17) is 10.5 Å². The summed E-state index contributed by atoms with van der Waals surface area (Å²) in [5, 5.41) is 0. The number of rotatable bonds is 7. The molecule has 1 saturated heterocycles. The summed E-state index contributed by atoms with van der Waals surface area (Å²) in [5.74, 6) is 1.11. The fourth-order valence-corrected chi connectivity index (χ4v) is 2.70. The van der Waals surface area contributed by atoms with Gasteiger partial charge >= 0.3 is 0 Å². The number of nitrogens with zero attached hydrogens (tertiary/aromatic N) is 2. The number of amides is 1. The Morgan fingerprint density at radius 3 is 2.78 bits per heavy atom. The van der Waals surface area contributed by atoms with Gasteiger partial charge in [-0.3, -0.25) is 4.79 Å². The smallest absolute Gasteiger partial charge is 0.222 e. The van der Waals surface area contributed by atoms with Crippen LogP contribution in [0.15, 0.2) is 24.3 Å². The van der Waals surface area contributed by atoms with Gasteiger partial charge in [0.2, 0.25) is 5.91 Å². The van der Waals surface area contributed by atoms with E-state index >= 15 is 0 Å². The number of carbonyl (C=O) groups excluding carboxylic acids is 1. The molecule has 1 aromatic rings. The second-order valence-electron chi connectivity index (χ2n) is 6.52. The summed E-state index contributed by atoms with van der Waals surface area (Å²) < 4.78 is 5.74. The number of likely N-dealkylation sites (tertiary alicyclic amines) is 1. The molecule has 5 nitrogen and oxygen atoms in total. The molecule has 1 aromatic carbocycles. The van der Waals surface area contributed by atoms with Gasteiger partial charge in [-0.1, -0.05) is 12.1 Å². The van der Waals surface area contributed by atoms with E-state index in [2.05, 4.69) is 11.0 Å². The van der Waals surface area contributed by atoms with Crippen molar-refractivity contribution in [2.75, 3.05) is 40.3 Å². The van der Waals surface area contributed by atoms with Crippen LogP contribution in [-0.4, -0.2) is 62.1 Å². The third-order valence-electron chi connectivity index (χ3n) is 4.23. The molecular formula is C18H29N3O2. The third kappa shape index (κ3) is 6.20. The summed E-state index contributed by atoms with van der Waals surface area (Å²) in [6, 6.07) is 8.31. The number of ether oxygens (including phenoxy) is 1. The Hall–Kier alpha value is -1.59. The number of aryl methyl sites for hydroxylation is 1. The molecule has 1 aliphatic rings. The van der Waals surface area contributed by atoms with E-state index in [0.29, 0.717) is 13.0 Å². The van der Waals surface area contributed by atoms with E-state index in [0.717, 1.165) is 50.2 Å². The fourth-order valence-electron chi connectivity index (χ4n) is 2.70. The SMILES string of the molecule is CN(C)CCOc1cccc(CCC(=O)N2CCC(N)CC2)c1. The van der Waals surface area contributed by atoms with E-state index in [1.165, 1.54) is 0 Å². The average Bonchev–Trinajstić information content (AvgIpc) is 2.53. The molecule has 2 N–H and O–H groups in total. The Morgan fingerprint density at radius 1 is 1.35 bits per heavy atom. The molecule has 23 heavy (non-hydrogen) atoms. The van der Waals surface area contributed by atoms with Crippen LogP contribution in [0.25, 0.3) is 0 Å². The lowest BCUT2D eigenvalue weighted by atomic mass is 10.0. The van der Waals surface area contributed by atoms with Gasteiger partial charge in [0.25, 0.3) is 0 Å². The van der Waals surface area contributed by atoms with Gasteiger partial charge in [0.15, 0.2) is 0 Å². The van der Waals surface area contributed by atoms with Crippen LogP contribution in [0.4, 0.5) is 0 Å². The molecule has 2 rings (SSSR count). The first-order chi connectivity index (χ1) is 11.0. The standard InChI is InChI=1S/C18H29N3O2/c1-20(2)12-13-23-17-5-3-4-15(14-17)6-7-18(22)21-10-8-16(19)9-11-21/h3-5,14,16H,6-13,19H2,1-2H3. The Kier molecular flexibility index (Phi) is 6.86. The van der Waals surface area contributed by atoms with Crippen molar-refractivity contribution in [2.24, 2.45) is 5.73 Å². The van der Waals surface area contributed by atoms with Crippen molar-refractivity contribution in [2.45, 2.75) is 31.7 Å². The third-order valence-corrected chi connectivity index (χ3v) is 4.23. The summed E-state index contributed by atoms with van der Waals surface area (Å²) in [6.07, 6.45) is 3.14. The van der Waals surface area contributed by atoms with Gasteiger partial charge in [-0.15, -0.1) is 0 Å². The first-order valence-electron chi connectivity index (χ1n) is 8.44. The highest BCUT2D eigenvalue weighted by molar-refractivity contribution is 5.76. The fraction of sp³-hybridized carbons (Fsp3) is 0.611. The molecule has 0 aromatic heterocycles. The van der Waals surface area contributed by atoms with Crippen LogP contribution in [0.5, 0.6) is 5.75 Å². The largest absolute Gasteiger partial charge is 0.492 e. The normalized spacial score (nSPS) is 15.9. The van der Waals surface area contributed by atoms with Crippen molar-refractivity contribution in [3.05, 3.63) is 29.8 Å². The van der Waals surface area contributed by atoms with Crippen molar-refractivity contribution in [3.63, 3.8) is 0 Å². The zero-order valence-electron chi connectivity index (χ0n) is 14.3. The van der Waals surface area contributed by atoms with E-state index in [1.807, 2.05) is 37.2 Å². The lowest BCUT2D eigenvalue weighted by Gasteiger charge is -2.30. The van der Waals surface area contributed by atoms with Crippen molar-refractivity contribution in [1.29, 1.82) is 0 Å². The quantitative estimate of drug-likeness (QED) is 0.828. The first kappa shape index (κ1) is 17.8. The van der Waals surface area contributed by atoms with Crippen molar-refractivity contribution < 1.29 is 9.53 Å². The molecule has 0 aliphatic carbocycles. The van der Waals surface area contributed by atoms with Gasteiger partial charge < -0.3 is 20.3 Å². The number of hydrogen-bond acceptors (Lipinski definition) is 4. The molecule has 1 aliphatic heterocycles. The van der Waals surface area contributed by atoms with Crippen LogP contribution in [0, 0.1) is 0 Å². The highest BCUT2D eigenvalue weighted by Crippen LogP contribution is 2.16. The Morgan fingerprint density at radius 2 is 2.09 bits per heavy atom. The molecular weight excluding hydrogens is 290 g/mol. The molecule has 0 bridgehead atoms. The second kappa shape index (κ2) is 8.89. The van der Waals surface area contributed by atoms with Gasteiger partial charge in [0.05, 0.1) is 0 Å². The van der Waals surface area contributed by atoms with Gasteiger partial charge in [-0.25, -0.2) is 0 Å². The Labute approximate surface area is 139 Å². The van der Waals surface area contributed by atoms with Crippen LogP contribution >= 0.6 is 0 Å². The molecule has 0 spiro atoms. The van der Waals surface area contributed by atoms with E-state index in [1.54, 1.807) is 0 Å². The molecule has 0 unspecified atom stereocenters. The summed E-state index contributed by atoms with van der Waals surface area (Å²) in [7, 11) is 4.05. The van der Waals surface area contributed by atoms with Gasteiger partial charge in [-0.05, 0) is 51.1 Å². The molecule has 0 saturated carbocycles. The molecule has 128 valence electrons. The maximum Gasteiger partial charge on any atom is 0.222 e. The van der Waals surface area contributed by atoms with Crippen LogP contribution in [0.2, 0.25) is 0 Å². The predicted octanol–water partition coefficient (Wildman–Crippen LogP) is 1.51. The average molecular weight is 319 g/mol. The van der Waals surface area contributed by atoms with Crippen LogP contribution < -0.4 is 10.5 Å². The number of nitrogens with two attached hydrogens (primary N) is 1. The van der Waals surface area contributed by atoms with Crippen LogP contribution in [-0.2, 0) is 11.2 Å². The summed E-state index contributed by atoms with van der Waals surface area (Å²) in [4.78, 5) is 16.3. The minimum absolute atomic E-state index is 0.232. The monoisotopic (exact) mass is 319 g/mol. The minimum Gasteiger partial charge on any atom is -0.492 e. The maximum atomic E-state index is 12.3. The van der Waals surface area contributed by atoms with Crippen molar-refractivity contribution >= 4 is 5.91 Å². The number of piperidine rings is 1. The minimum atomic E-state index is 0.232. The Bertz CT molecular complexity index is 497. The maximum absolute atomic E-state index is 12.3. The zero-order valence-corrected chi connectivity index (χ0v) is 14.3. The lowest BCUT2D eigenvalue weighted by molar-refractivity contribution is -0.132. The predicted molar refractivity (Wildman–Crippen MR) is 92.6 cm³/mol. The molecule has 1 heterocycles. The highest BCUT2D eigenvalue weighted by atomic mass is 16.5. The van der Waals surface area contributed by atoms with E-state index in [9.17, 15) is 4.79 Å². The van der Waals surface area contributed by atoms with E-state index in [-0.39, 0.29) is 11.9 Å². The molecule has 1 amide bonds. The number of likely N-dealkylation sites (N-methyl/N-ethyl adjacent to an activating group) is 1. The summed E-state index contributed by atoms with van der Waals surface area (Å²) >= 11 is 0. The number of hydrogen-bond donors (Lipinski definition) is 1.